The van der Waals surface area contributed by atoms with Crippen molar-refractivity contribution in [2.75, 3.05) is 0 Å². The molecule has 0 unspecified atom stereocenters. The molecule has 1 saturated carbocycles. The van der Waals surface area contributed by atoms with Gasteiger partial charge in [0.2, 0.25) is 0 Å². The topological polar surface area (TPSA) is 39.0 Å². The molecule has 0 atom stereocenters. The monoisotopic (exact) mass is 323 g/mol. The maximum atomic E-state index is 12.8. The largest absolute Gasteiger partial charge is 0.348 e. The molecule has 1 aliphatic carbocycles. The molecule has 0 radical (unpaired) electrons. The molecule has 1 N–H and O–H groups in total. The molecule has 0 bridgehead atoms. The summed E-state index contributed by atoms with van der Waals surface area (Å²) < 4.78 is 4.22. The number of hydrogen-bond acceptors (Lipinski definition) is 1. The molecular weight excluding hydrogens is 298 g/mol. The van der Waals surface area contributed by atoms with Gasteiger partial charge in [-0.15, -0.1) is 0 Å². The maximum absolute atomic E-state index is 12.8. The van der Waals surface area contributed by atoms with Crippen LogP contribution in [0.15, 0.2) is 30.3 Å². The maximum Gasteiger partial charge on any atom is 0.268 e. The highest BCUT2D eigenvalue weighted by atomic mass is 16.2. The van der Waals surface area contributed by atoms with Crippen LogP contribution in [0.4, 0.5) is 0 Å². The van der Waals surface area contributed by atoms with Crippen LogP contribution in [0.3, 0.4) is 0 Å². The third-order valence-corrected chi connectivity index (χ3v) is 5.52. The van der Waals surface area contributed by atoms with Crippen LogP contribution in [0.25, 0.3) is 21.9 Å². The number of nitrogens with zero attached hydrogens (tertiary/aromatic N) is 2. The standard InChI is InChI=1S/C20H25N3O/c1-22-16-12-8-7-11-15(16)19-17(22)13-18(23(19)2)20(24)21-14-9-5-3-4-6-10-14/h7-8,11-14H,3-6,9-10H2,1-2H3,(H,21,24). The van der Waals surface area contributed by atoms with Crippen molar-refractivity contribution in [3.8, 4) is 0 Å². The van der Waals surface area contributed by atoms with E-state index in [0.717, 1.165) is 29.6 Å². The Morgan fingerprint density at radius 1 is 1.00 bits per heavy atom. The average Bonchev–Trinajstić information content (AvgIpc) is 2.92. The zero-order chi connectivity index (χ0) is 16.7. The third kappa shape index (κ3) is 2.41. The Kier molecular flexibility index (Phi) is 3.83. The summed E-state index contributed by atoms with van der Waals surface area (Å²) in [5.41, 5.74) is 4.21. The predicted octanol–water partition coefficient (Wildman–Crippen LogP) is 4.12. The van der Waals surface area contributed by atoms with E-state index in [0.29, 0.717) is 6.04 Å². The van der Waals surface area contributed by atoms with Crippen molar-refractivity contribution >= 4 is 27.8 Å². The van der Waals surface area contributed by atoms with Crippen molar-refractivity contribution in [2.45, 2.75) is 44.6 Å². The van der Waals surface area contributed by atoms with Gasteiger partial charge in [0, 0.05) is 25.5 Å². The van der Waals surface area contributed by atoms with E-state index in [9.17, 15) is 4.79 Å². The summed E-state index contributed by atoms with van der Waals surface area (Å²) in [6, 6.07) is 10.7. The van der Waals surface area contributed by atoms with Gasteiger partial charge in [0.15, 0.2) is 0 Å². The molecule has 1 aliphatic rings. The number of nitrogens with one attached hydrogen (secondary N) is 1. The molecule has 2 aromatic heterocycles. The van der Waals surface area contributed by atoms with Gasteiger partial charge in [-0.1, -0.05) is 43.9 Å². The number of hydrogen-bond donors (Lipinski definition) is 1. The Bertz CT molecular complexity index is 895. The minimum Gasteiger partial charge on any atom is -0.348 e. The lowest BCUT2D eigenvalue weighted by molar-refractivity contribution is 0.0925. The quantitative estimate of drug-likeness (QED) is 0.708. The van der Waals surface area contributed by atoms with Crippen molar-refractivity contribution in [1.29, 1.82) is 0 Å². The lowest BCUT2D eigenvalue weighted by Gasteiger charge is -2.16. The first-order chi connectivity index (χ1) is 11.7. The average molecular weight is 323 g/mol. The number of carbonyl (C=O) groups excluding carboxylic acids is 1. The summed E-state index contributed by atoms with van der Waals surface area (Å²) in [4.78, 5) is 12.8. The van der Waals surface area contributed by atoms with Crippen LogP contribution in [0.1, 0.15) is 49.0 Å². The molecule has 1 amide bonds. The fourth-order valence-corrected chi connectivity index (χ4v) is 4.16. The van der Waals surface area contributed by atoms with Crippen LogP contribution >= 0.6 is 0 Å². The summed E-state index contributed by atoms with van der Waals surface area (Å²) in [6.45, 7) is 0. The summed E-state index contributed by atoms with van der Waals surface area (Å²) in [5, 5.41) is 4.47. The van der Waals surface area contributed by atoms with E-state index < -0.39 is 0 Å². The number of para-hydroxylation sites is 1. The van der Waals surface area contributed by atoms with Gasteiger partial charge in [0.1, 0.15) is 5.69 Å². The third-order valence-electron chi connectivity index (χ3n) is 5.52. The van der Waals surface area contributed by atoms with Crippen LogP contribution in [0.2, 0.25) is 0 Å². The number of fused-ring (bicyclic) bond motifs is 3. The van der Waals surface area contributed by atoms with Gasteiger partial charge in [-0.05, 0) is 25.0 Å². The number of aromatic nitrogens is 2. The van der Waals surface area contributed by atoms with E-state index in [4.69, 9.17) is 0 Å². The van der Waals surface area contributed by atoms with E-state index >= 15 is 0 Å². The van der Waals surface area contributed by atoms with Crippen LogP contribution in [-0.2, 0) is 14.1 Å². The van der Waals surface area contributed by atoms with Crippen molar-refractivity contribution in [3.63, 3.8) is 0 Å². The zero-order valence-corrected chi connectivity index (χ0v) is 14.5. The number of aryl methyl sites for hydroxylation is 2. The Hall–Kier alpha value is -2.23. The number of carbonyl (C=O) groups is 1. The number of benzene rings is 1. The molecule has 0 spiro atoms. The Morgan fingerprint density at radius 3 is 2.46 bits per heavy atom. The molecule has 2 heterocycles. The summed E-state index contributed by atoms with van der Waals surface area (Å²) in [6.07, 6.45) is 7.27. The summed E-state index contributed by atoms with van der Waals surface area (Å²) in [7, 11) is 4.06. The second-order valence-corrected chi connectivity index (χ2v) is 7.06. The Morgan fingerprint density at radius 2 is 1.71 bits per heavy atom. The molecule has 4 heteroatoms. The highest BCUT2D eigenvalue weighted by Crippen LogP contribution is 2.30. The van der Waals surface area contributed by atoms with E-state index in [2.05, 4.69) is 41.2 Å². The minimum absolute atomic E-state index is 0.0599. The van der Waals surface area contributed by atoms with Gasteiger partial charge in [-0.3, -0.25) is 4.79 Å². The highest BCUT2D eigenvalue weighted by molar-refractivity contribution is 6.10. The first-order valence-corrected chi connectivity index (χ1v) is 9.00. The fourth-order valence-electron chi connectivity index (χ4n) is 4.16. The second-order valence-electron chi connectivity index (χ2n) is 7.06. The molecular formula is C20H25N3O. The van der Waals surface area contributed by atoms with Crippen molar-refractivity contribution in [1.82, 2.24) is 14.5 Å². The fraction of sp³-hybridized carbons (Fsp3) is 0.450. The predicted molar refractivity (Wildman–Crippen MR) is 98.4 cm³/mol. The van der Waals surface area contributed by atoms with Gasteiger partial charge in [0.05, 0.1) is 16.6 Å². The molecule has 126 valence electrons. The Labute approximate surface area is 142 Å². The normalized spacial score (nSPS) is 16.6. The van der Waals surface area contributed by atoms with Gasteiger partial charge in [-0.2, -0.15) is 0 Å². The summed E-state index contributed by atoms with van der Waals surface area (Å²) >= 11 is 0. The molecule has 3 aromatic rings. The molecule has 24 heavy (non-hydrogen) atoms. The van der Waals surface area contributed by atoms with Crippen molar-refractivity contribution in [3.05, 3.63) is 36.0 Å². The molecule has 1 fully saturated rings. The molecule has 4 rings (SSSR count). The Balaban J connectivity index is 1.70. The smallest absolute Gasteiger partial charge is 0.268 e. The second kappa shape index (κ2) is 6.00. The lowest BCUT2D eigenvalue weighted by Crippen LogP contribution is -2.35. The molecule has 1 aromatic carbocycles. The first-order valence-electron chi connectivity index (χ1n) is 9.00. The number of amides is 1. The summed E-state index contributed by atoms with van der Waals surface area (Å²) in [5.74, 6) is 0.0599. The van der Waals surface area contributed by atoms with Crippen molar-refractivity contribution in [2.24, 2.45) is 14.1 Å². The molecule has 0 saturated heterocycles. The SMILES string of the molecule is Cn1c(C(=O)NC2CCCCCC2)cc2c1c1ccccc1n2C. The van der Waals surface area contributed by atoms with E-state index in [1.54, 1.807) is 0 Å². The van der Waals surface area contributed by atoms with Gasteiger partial charge >= 0.3 is 0 Å². The van der Waals surface area contributed by atoms with Crippen molar-refractivity contribution < 1.29 is 4.79 Å². The first kappa shape index (κ1) is 15.3. The van der Waals surface area contributed by atoms with E-state index in [1.807, 2.05) is 17.7 Å². The van der Waals surface area contributed by atoms with Gasteiger partial charge in [-0.25, -0.2) is 0 Å². The number of rotatable bonds is 2. The minimum atomic E-state index is 0.0599. The lowest BCUT2D eigenvalue weighted by atomic mass is 10.1. The van der Waals surface area contributed by atoms with Crippen LogP contribution in [0.5, 0.6) is 0 Å². The van der Waals surface area contributed by atoms with Gasteiger partial charge in [0.25, 0.3) is 5.91 Å². The van der Waals surface area contributed by atoms with Gasteiger partial charge < -0.3 is 14.5 Å². The van der Waals surface area contributed by atoms with Crippen LogP contribution in [-0.4, -0.2) is 21.1 Å². The highest BCUT2D eigenvalue weighted by Gasteiger charge is 2.21. The van der Waals surface area contributed by atoms with Crippen LogP contribution in [0, 0.1) is 0 Å². The molecule has 4 nitrogen and oxygen atoms in total. The zero-order valence-electron chi connectivity index (χ0n) is 14.5. The van der Waals surface area contributed by atoms with E-state index in [-0.39, 0.29) is 5.91 Å². The van der Waals surface area contributed by atoms with E-state index in [1.165, 1.54) is 36.6 Å². The molecule has 0 aliphatic heterocycles. The van der Waals surface area contributed by atoms with Crippen LogP contribution < -0.4 is 5.32 Å².